The van der Waals surface area contributed by atoms with Gasteiger partial charge in [0, 0.05) is 54.7 Å². The molecule has 1 aromatic carbocycles. The topological polar surface area (TPSA) is 37.4 Å². The molecule has 3 aromatic rings. The van der Waals surface area contributed by atoms with Gasteiger partial charge in [0.2, 0.25) is 0 Å². The predicted octanol–water partition coefficient (Wildman–Crippen LogP) is 4.15. The van der Waals surface area contributed by atoms with Crippen LogP contribution in [0.15, 0.2) is 41.1 Å². The second kappa shape index (κ2) is 8.29. The average Bonchev–Trinajstić information content (AvgIpc) is 3.21. The minimum atomic E-state index is 0.823. The Kier molecular flexibility index (Phi) is 5.62. The molecule has 0 bridgehead atoms. The maximum absolute atomic E-state index is 5.38. The summed E-state index contributed by atoms with van der Waals surface area (Å²) in [5, 5.41) is 9.06. The fraction of sp³-hybridized carbons (Fsp3) is 0.350. The van der Waals surface area contributed by atoms with E-state index in [4.69, 9.17) is 9.72 Å². The van der Waals surface area contributed by atoms with E-state index in [0.717, 1.165) is 48.6 Å². The number of nitrogens with one attached hydrogen (secondary N) is 1. The smallest absolute Gasteiger partial charge is 0.133 e. The second-order valence-corrected chi connectivity index (χ2v) is 8.37. The minimum Gasteiger partial charge on any atom is -0.497 e. The number of pyridine rings is 1. The third-order valence-electron chi connectivity index (χ3n) is 4.62. The van der Waals surface area contributed by atoms with Crippen molar-refractivity contribution >= 4 is 39.8 Å². The largest absolute Gasteiger partial charge is 0.497 e. The molecule has 1 aliphatic rings. The first-order chi connectivity index (χ1) is 12.8. The summed E-state index contributed by atoms with van der Waals surface area (Å²) in [7, 11) is 1.70. The SMILES string of the molecule is COc1ccc2cc(CNCc3ccsc3)c(N3CCSCC3)nc2c1. The van der Waals surface area contributed by atoms with Crippen LogP contribution in [0.1, 0.15) is 11.1 Å². The molecule has 0 unspecified atom stereocenters. The van der Waals surface area contributed by atoms with Crippen LogP contribution in [0.4, 0.5) is 5.82 Å². The summed E-state index contributed by atoms with van der Waals surface area (Å²) >= 11 is 3.76. The van der Waals surface area contributed by atoms with E-state index in [-0.39, 0.29) is 0 Å². The highest BCUT2D eigenvalue weighted by molar-refractivity contribution is 7.99. The van der Waals surface area contributed by atoms with Crippen LogP contribution in [0, 0.1) is 0 Å². The molecule has 26 heavy (non-hydrogen) atoms. The lowest BCUT2D eigenvalue weighted by atomic mass is 10.1. The van der Waals surface area contributed by atoms with E-state index in [0.29, 0.717) is 0 Å². The number of ether oxygens (including phenoxy) is 1. The van der Waals surface area contributed by atoms with Crippen molar-refractivity contribution in [3.63, 3.8) is 0 Å². The number of hydrogen-bond donors (Lipinski definition) is 1. The Bertz CT molecular complexity index is 861. The average molecular weight is 386 g/mol. The van der Waals surface area contributed by atoms with Crippen LogP contribution in [-0.2, 0) is 13.1 Å². The van der Waals surface area contributed by atoms with Gasteiger partial charge in [-0.15, -0.1) is 0 Å². The molecule has 0 spiro atoms. The molecule has 4 rings (SSSR count). The summed E-state index contributed by atoms with van der Waals surface area (Å²) in [6, 6.07) is 10.6. The summed E-state index contributed by atoms with van der Waals surface area (Å²) < 4.78 is 5.38. The highest BCUT2D eigenvalue weighted by atomic mass is 32.2. The van der Waals surface area contributed by atoms with Gasteiger partial charge in [0.1, 0.15) is 11.6 Å². The Morgan fingerprint density at radius 3 is 2.81 bits per heavy atom. The Morgan fingerprint density at radius 2 is 2.04 bits per heavy atom. The van der Waals surface area contributed by atoms with Crippen molar-refractivity contribution in [3.05, 3.63) is 52.2 Å². The Labute approximate surface area is 162 Å². The maximum Gasteiger partial charge on any atom is 0.133 e. The molecule has 0 atom stereocenters. The molecule has 1 aliphatic heterocycles. The van der Waals surface area contributed by atoms with Crippen molar-refractivity contribution in [1.29, 1.82) is 0 Å². The van der Waals surface area contributed by atoms with Gasteiger partial charge in [-0.2, -0.15) is 23.1 Å². The van der Waals surface area contributed by atoms with Crippen LogP contribution in [-0.4, -0.2) is 36.7 Å². The monoisotopic (exact) mass is 385 g/mol. The zero-order valence-corrected chi connectivity index (χ0v) is 16.5. The normalized spacial score (nSPS) is 14.7. The second-order valence-electron chi connectivity index (χ2n) is 6.36. The molecule has 6 heteroatoms. The van der Waals surface area contributed by atoms with Crippen LogP contribution in [0.3, 0.4) is 0 Å². The van der Waals surface area contributed by atoms with Gasteiger partial charge in [-0.3, -0.25) is 0 Å². The van der Waals surface area contributed by atoms with Crippen molar-refractivity contribution in [3.8, 4) is 5.75 Å². The maximum atomic E-state index is 5.38. The molecule has 0 amide bonds. The minimum absolute atomic E-state index is 0.823. The van der Waals surface area contributed by atoms with Gasteiger partial charge in [0.05, 0.1) is 12.6 Å². The summed E-state index contributed by atoms with van der Waals surface area (Å²) in [6.07, 6.45) is 0. The number of fused-ring (bicyclic) bond motifs is 1. The van der Waals surface area contributed by atoms with Crippen molar-refractivity contribution in [2.45, 2.75) is 13.1 Å². The highest BCUT2D eigenvalue weighted by Gasteiger charge is 2.17. The number of methoxy groups -OCH3 is 1. The van der Waals surface area contributed by atoms with Crippen LogP contribution >= 0.6 is 23.1 Å². The standard InChI is InChI=1S/C20H23N3OS2/c1-24-18-3-2-16-10-17(13-21-12-15-4-7-26-14-15)20(22-19(16)11-18)23-5-8-25-9-6-23/h2-4,7,10-11,14,21H,5-6,8-9,12-13H2,1H3. The first-order valence-corrected chi connectivity index (χ1v) is 11.0. The zero-order chi connectivity index (χ0) is 17.8. The Morgan fingerprint density at radius 1 is 1.15 bits per heavy atom. The lowest BCUT2D eigenvalue weighted by Crippen LogP contribution is -2.34. The van der Waals surface area contributed by atoms with E-state index in [1.165, 1.54) is 22.6 Å². The third kappa shape index (κ3) is 3.98. The van der Waals surface area contributed by atoms with Crippen molar-refractivity contribution in [2.24, 2.45) is 0 Å². The molecule has 3 heterocycles. The van der Waals surface area contributed by atoms with E-state index >= 15 is 0 Å². The van der Waals surface area contributed by atoms with Crippen LogP contribution in [0.25, 0.3) is 10.9 Å². The number of thiophene rings is 1. The van der Waals surface area contributed by atoms with E-state index < -0.39 is 0 Å². The van der Waals surface area contributed by atoms with Gasteiger partial charge < -0.3 is 15.0 Å². The van der Waals surface area contributed by atoms with Gasteiger partial charge in [0.25, 0.3) is 0 Å². The number of hydrogen-bond acceptors (Lipinski definition) is 6. The predicted molar refractivity (Wildman–Crippen MR) is 113 cm³/mol. The van der Waals surface area contributed by atoms with Crippen molar-refractivity contribution < 1.29 is 4.74 Å². The molecule has 0 saturated carbocycles. The van der Waals surface area contributed by atoms with Crippen LogP contribution in [0.2, 0.25) is 0 Å². The Balaban J connectivity index is 1.63. The van der Waals surface area contributed by atoms with E-state index in [1.54, 1.807) is 18.4 Å². The number of anilines is 1. The van der Waals surface area contributed by atoms with Crippen LogP contribution in [0.5, 0.6) is 5.75 Å². The molecular weight excluding hydrogens is 362 g/mol. The van der Waals surface area contributed by atoms with Gasteiger partial charge in [0.15, 0.2) is 0 Å². The number of aromatic nitrogens is 1. The molecular formula is C20H23N3OS2. The number of nitrogens with zero attached hydrogens (tertiary/aromatic N) is 2. The number of thioether (sulfide) groups is 1. The molecule has 0 aliphatic carbocycles. The van der Waals surface area contributed by atoms with E-state index in [2.05, 4.69) is 39.2 Å². The first-order valence-electron chi connectivity index (χ1n) is 8.85. The van der Waals surface area contributed by atoms with Gasteiger partial charge >= 0.3 is 0 Å². The van der Waals surface area contributed by atoms with E-state index in [1.807, 2.05) is 23.9 Å². The summed E-state index contributed by atoms with van der Waals surface area (Å²) in [5.41, 5.74) is 3.60. The van der Waals surface area contributed by atoms with E-state index in [9.17, 15) is 0 Å². The molecule has 0 radical (unpaired) electrons. The summed E-state index contributed by atoms with van der Waals surface area (Å²) in [5.74, 6) is 4.30. The Hall–Kier alpha value is -1.76. The van der Waals surface area contributed by atoms with Gasteiger partial charge in [-0.25, -0.2) is 4.98 Å². The van der Waals surface area contributed by atoms with Gasteiger partial charge in [-0.1, -0.05) is 0 Å². The van der Waals surface area contributed by atoms with Crippen molar-refractivity contribution in [2.75, 3.05) is 36.6 Å². The molecule has 1 N–H and O–H groups in total. The third-order valence-corrected chi connectivity index (χ3v) is 6.29. The quantitative estimate of drug-likeness (QED) is 0.690. The summed E-state index contributed by atoms with van der Waals surface area (Å²) in [6.45, 7) is 3.83. The molecule has 1 fully saturated rings. The molecule has 4 nitrogen and oxygen atoms in total. The lowest BCUT2D eigenvalue weighted by Gasteiger charge is -2.29. The number of rotatable bonds is 6. The highest BCUT2D eigenvalue weighted by Crippen LogP contribution is 2.28. The number of benzene rings is 1. The molecule has 2 aromatic heterocycles. The zero-order valence-electron chi connectivity index (χ0n) is 14.9. The molecule has 136 valence electrons. The fourth-order valence-electron chi connectivity index (χ4n) is 3.22. The lowest BCUT2D eigenvalue weighted by molar-refractivity contribution is 0.415. The molecule has 1 saturated heterocycles. The fourth-order valence-corrected chi connectivity index (χ4v) is 4.79. The first kappa shape index (κ1) is 17.6. The van der Waals surface area contributed by atoms with Crippen molar-refractivity contribution in [1.82, 2.24) is 10.3 Å². The van der Waals surface area contributed by atoms with Gasteiger partial charge in [-0.05, 0) is 40.6 Å². The van der Waals surface area contributed by atoms with Crippen LogP contribution < -0.4 is 15.0 Å². The summed E-state index contributed by atoms with van der Waals surface area (Å²) in [4.78, 5) is 7.45.